The Bertz CT molecular complexity index is 683. The van der Waals surface area contributed by atoms with Gasteiger partial charge in [0.2, 0.25) is 5.91 Å². The lowest BCUT2D eigenvalue weighted by Gasteiger charge is -2.32. The molecule has 2 aromatic rings. The third kappa shape index (κ3) is 3.39. The second kappa shape index (κ2) is 6.32. The predicted molar refractivity (Wildman–Crippen MR) is 90.1 cm³/mol. The Morgan fingerprint density at radius 1 is 1.30 bits per heavy atom. The highest BCUT2D eigenvalue weighted by Gasteiger charge is 2.26. The van der Waals surface area contributed by atoms with Crippen molar-refractivity contribution in [2.75, 3.05) is 19.6 Å². The van der Waals surface area contributed by atoms with Crippen LogP contribution >= 0.6 is 0 Å². The Morgan fingerprint density at radius 2 is 2.13 bits per heavy atom. The van der Waals surface area contributed by atoms with E-state index in [0.717, 1.165) is 48.4 Å². The van der Waals surface area contributed by atoms with Crippen LogP contribution in [0.15, 0.2) is 24.5 Å². The molecule has 0 spiro atoms. The van der Waals surface area contributed by atoms with Crippen LogP contribution in [0.1, 0.15) is 31.2 Å². The lowest BCUT2D eigenvalue weighted by molar-refractivity contribution is -0.131. The fourth-order valence-corrected chi connectivity index (χ4v) is 3.42. The van der Waals surface area contributed by atoms with Crippen molar-refractivity contribution in [3.63, 3.8) is 0 Å². The molecule has 0 radical (unpaired) electrons. The summed E-state index contributed by atoms with van der Waals surface area (Å²) >= 11 is 0. The molecule has 2 aliphatic rings. The number of nitrogens with zero attached hydrogens (tertiary/aromatic N) is 2. The topological polar surface area (TPSA) is 61.0 Å². The average molecular weight is 312 g/mol. The van der Waals surface area contributed by atoms with Crippen molar-refractivity contribution in [3.8, 4) is 0 Å². The van der Waals surface area contributed by atoms with Crippen LogP contribution in [0.4, 0.5) is 0 Å². The van der Waals surface area contributed by atoms with Gasteiger partial charge in [-0.05, 0) is 55.8 Å². The molecule has 1 saturated carbocycles. The molecule has 1 aliphatic carbocycles. The number of hydrogen-bond acceptors (Lipinski definition) is 3. The number of pyridine rings is 1. The Balaban J connectivity index is 1.31. The quantitative estimate of drug-likeness (QED) is 0.889. The number of hydrogen-bond donors (Lipinski definition) is 2. The molecule has 3 heterocycles. The lowest BCUT2D eigenvalue weighted by Crippen LogP contribution is -2.45. The molecule has 1 amide bonds. The standard InChI is InChI=1S/C18H24N4O/c23-17(10-14-12-21-18-16(14)2-1-7-19-18)22-8-5-15(6-9-22)20-11-13-3-4-13/h1-2,7,12-13,15,20H,3-6,8-11H2,(H,19,21). The van der Waals surface area contributed by atoms with Crippen LogP contribution in [0, 0.1) is 5.92 Å². The molecule has 5 heteroatoms. The van der Waals surface area contributed by atoms with Gasteiger partial charge in [0.05, 0.1) is 6.42 Å². The zero-order chi connectivity index (χ0) is 15.6. The summed E-state index contributed by atoms with van der Waals surface area (Å²) in [5, 5.41) is 4.72. The van der Waals surface area contributed by atoms with Crippen molar-refractivity contribution in [3.05, 3.63) is 30.1 Å². The molecule has 1 aliphatic heterocycles. The van der Waals surface area contributed by atoms with Gasteiger partial charge >= 0.3 is 0 Å². The van der Waals surface area contributed by atoms with Gasteiger partial charge < -0.3 is 15.2 Å². The molecule has 2 N–H and O–H groups in total. The van der Waals surface area contributed by atoms with Gasteiger partial charge in [-0.1, -0.05) is 0 Å². The van der Waals surface area contributed by atoms with E-state index in [1.165, 1.54) is 19.4 Å². The molecule has 23 heavy (non-hydrogen) atoms. The monoisotopic (exact) mass is 312 g/mol. The smallest absolute Gasteiger partial charge is 0.227 e. The lowest BCUT2D eigenvalue weighted by atomic mass is 10.0. The summed E-state index contributed by atoms with van der Waals surface area (Å²) in [6.45, 7) is 2.92. The summed E-state index contributed by atoms with van der Waals surface area (Å²) in [7, 11) is 0. The van der Waals surface area contributed by atoms with Crippen LogP contribution in [0.5, 0.6) is 0 Å². The van der Waals surface area contributed by atoms with Gasteiger partial charge in [-0.25, -0.2) is 4.98 Å². The van der Waals surface area contributed by atoms with Crippen LogP contribution in [-0.2, 0) is 11.2 Å². The number of piperidine rings is 1. The first-order valence-electron chi connectivity index (χ1n) is 8.72. The van der Waals surface area contributed by atoms with E-state index in [1.54, 1.807) is 6.20 Å². The molecule has 4 rings (SSSR count). The van der Waals surface area contributed by atoms with E-state index in [9.17, 15) is 4.79 Å². The molecule has 5 nitrogen and oxygen atoms in total. The molecule has 2 aromatic heterocycles. The highest BCUT2D eigenvalue weighted by Crippen LogP contribution is 2.28. The van der Waals surface area contributed by atoms with Crippen LogP contribution < -0.4 is 5.32 Å². The molecule has 2 fully saturated rings. The third-order valence-electron chi connectivity index (χ3n) is 5.12. The highest BCUT2D eigenvalue weighted by atomic mass is 16.2. The number of amides is 1. The number of fused-ring (bicyclic) bond motifs is 1. The number of nitrogens with one attached hydrogen (secondary N) is 2. The van der Waals surface area contributed by atoms with E-state index in [4.69, 9.17) is 0 Å². The molecule has 0 atom stereocenters. The normalized spacial score (nSPS) is 19.4. The maximum absolute atomic E-state index is 12.6. The van der Waals surface area contributed by atoms with Crippen LogP contribution in [0.3, 0.4) is 0 Å². The van der Waals surface area contributed by atoms with E-state index < -0.39 is 0 Å². The number of H-pyrrole nitrogens is 1. The first-order chi connectivity index (χ1) is 11.3. The van der Waals surface area contributed by atoms with Crippen molar-refractivity contribution in [2.45, 2.75) is 38.1 Å². The van der Waals surface area contributed by atoms with E-state index in [1.807, 2.05) is 23.2 Å². The molecule has 1 saturated heterocycles. The highest BCUT2D eigenvalue weighted by molar-refractivity contribution is 5.87. The van der Waals surface area contributed by atoms with Crippen molar-refractivity contribution >= 4 is 16.9 Å². The number of carbonyl (C=O) groups is 1. The third-order valence-corrected chi connectivity index (χ3v) is 5.12. The Kier molecular flexibility index (Phi) is 4.04. The first kappa shape index (κ1) is 14.7. The first-order valence-corrected chi connectivity index (χ1v) is 8.72. The number of aromatic amines is 1. The Labute approximate surface area is 136 Å². The summed E-state index contributed by atoms with van der Waals surface area (Å²) in [6.07, 6.45) is 9.09. The summed E-state index contributed by atoms with van der Waals surface area (Å²) in [6, 6.07) is 4.54. The molecule has 122 valence electrons. The van der Waals surface area contributed by atoms with Gasteiger partial charge in [0.15, 0.2) is 0 Å². The number of likely N-dealkylation sites (tertiary alicyclic amines) is 1. The molecular weight excluding hydrogens is 288 g/mol. The molecule has 0 aromatic carbocycles. The van der Waals surface area contributed by atoms with E-state index >= 15 is 0 Å². The molecule has 0 bridgehead atoms. The zero-order valence-corrected chi connectivity index (χ0v) is 13.4. The summed E-state index contributed by atoms with van der Waals surface area (Å²) in [5.74, 6) is 1.15. The van der Waals surface area contributed by atoms with Gasteiger partial charge in [-0.15, -0.1) is 0 Å². The van der Waals surface area contributed by atoms with Crippen LogP contribution in [0.2, 0.25) is 0 Å². The van der Waals surface area contributed by atoms with Crippen molar-refractivity contribution in [2.24, 2.45) is 5.92 Å². The average Bonchev–Trinajstić information content (AvgIpc) is 3.34. The van der Waals surface area contributed by atoms with E-state index in [0.29, 0.717) is 12.5 Å². The van der Waals surface area contributed by atoms with Gasteiger partial charge in [-0.3, -0.25) is 4.79 Å². The maximum Gasteiger partial charge on any atom is 0.227 e. The van der Waals surface area contributed by atoms with E-state index in [2.05, 4.69) is 15.3 Å². The van der Waals surface area contributed by atoms with Gasteiger partial charge in [0, 0.05) is 36.9 Å². The fourth-order valence-electron chi connectivity index (χ4n) is 3.42. The summed E-state index contributed by atoms with van der Waals surface area (Å²) in [4.78, 5) is 22.0. The Morgan fingerprint density at radius 3 is 2.91 bits per heavy atom. The minimum Gasteiger partial charge on any atom is -0.346 e. The Hall–Kier alpha value is -1.88. The number of carbonyl (C=O) groups excluding carboxylic acids is 1. The van der Waals surface area contributed by atoms with E-state index in [-0.39, 0.29) is 5.91 Å². The second-order valence-electron chi connectivity index (χ2n) is 6.90. The van der Waals surface area contributed by atoms with Crippen LogP contribution in [-0.4, -0.2) is 46.5 Å². The van der Waals surface area contributed by atoms with Crippen molar-refractivity contribution < 1.29 is 4.79 Å². The van der Waals surface area contributed by atoms with Crippen molar-refractivity contribution in [1.82, 2.24) is 20.2 Å². The largest absolute Gasteiger partial charge is 0.346 e. The maximum atomic E-state index is 12.6. The zero-order valence-electron chi connectivity index (χ0n) is 13.4. The fraction of sp³-hybridized carbons (Fsp3) is 0.556. The van der Waals surface area contributed by atoms with Gasteiger partial charge in [0.1, 0.15) is 5.65 Å². The van der Waals surface area contributed by atoms with Gasteiger partial charge in [-0.2, -0.15) is 0 Å². The predicted octanol–water partition coefficient (Wildman–Crippen LogP) is 2.10. The van der Waals surface area contributed by atoms with Crippen LogP contribution in [0.25, 0.3) is 11.0 Å². The van der Waals surface area contributed by atoms with Crippen molar-refractivity contribution in [1.29, 1.82) is 0 Å². The van der Waals surface area contributed by atoms with Gasteiger partial charge in [0.25, 0.3) is 0 Å². The number of aromatic nitrogens is 2. The number of rotatable bonds is 5. The summed E-state index contributed by atoms with van der Waals surface area (Å²) < 4.78 is 0. The second-order valence-corrected chi connectivity index (χ2v) is 6.90. The molecular formula is C18H24N4O. The minimum atomic E-state index is 0.232. The SMILES string of the molecule is O=C(Cc1c[nH]c2ncccc12)N1CCC(NCC2CC2)CC1. The summed E-state index contributed by atoms with van der Waals surface area (Å²) in [5.41, 5.74) is 1.91. The minimum absolute atomic E-state index is 0.232. The molecule has 0 unspecified atom stereocenters.